The van der Waals surface area contributed by atoms with Gasteiger partial charge in [-0.3, -0.25) is 34.1 Å². The SMILES string of the molecule is CC[C@@H]1C(=O)N(C)c2cnc(Cc3ccc(C(=O)CCCCCCCCCCCCC(=O)Nc4cccc5c4CN(C4CCC(=O)NC4=O)C5=O)cc3OC)nc2N1Cc1ccc(Cl)s1.Cl. The smallest absolute Gasteiger partial charge is 0.255 e. The Morgan fingerprint density at radius 1 is 0.939 bits per heavy atom. The molecule has 4 aromatic rings. The summed E-state index contributed by atoms with van der Waals surface area (Å²) in [5.74, 6) is 0.849. The number of benzene rings is 2. The molecule has 2 aromatic heterocycles. The molecule has 5 amide bonds. The first-order valence-corrected chi connectivity index (χ1v) is 24.1. The summed E-state index contributed by atoms with van der Waals surface area (Å²) >= 11 is 7.72. The Balaban J connectivity index is 0.00000720. The predicted octanol–water partition coefficient (Wildman–Crippen LogP) is 9.24. The van der Waals surface area contributed by atoms with Gasteiger partial charge in [0.05, 0.1) is 24.2 Å². The fourth-order valence-electron chi connectivity index (χ4n) is 9.02. The highest BCUT2D eigenvalue weighted by molar-refractivity contribution is 7.16. The molecule has 17 heteroatoms. The molecule has 352 valence electrons. The van der Waals surface area contributed by atoms with Gasteiger partial charge in [-0.2, -0.15) is 0 Å². The second kappa shape index (κ2) is 23.4. The number of amides is 5. The Bertz CT molecular complexity index is 2430. The Morgan fingerprint density at radius 3 is 2.32 bits per heavy atom. The van der Waals surface area contributed by atoms with Crippen molar-refractivity contribution < 1.29 is 33.5 Å². The van der Waals surface area contributed by atoms with Crippen molar-refractivity contribution in [3.05, 3.63) is 92.0 Å². The predicted molar refractivity (Wildman–Crippen MR) is 259 cm³/mol. The minimum absolute atomic E-state index is 0. The summed E-state index contributed by atoms with van der Waals surface area (Å²) in [5.41, 5.74) is 3.92. The number of thiophene rings is 1. The Labute approximate surface area is 401 Å². The zero-order valence-electron chi connectivity index (χ0n) is 37.9. The number of nitrogens with zero attached hydrogens (tertiary/aromatic N) is 5. The van der Waals surface area contributed by atoms with Crippen LogP contribution in [0.3, 0.4) is 0 Å². The van der Waals surface area contributed by atoms with Crippen molar-refractivity contribution in [3.8, 4) is 5.75 Å². The van der Waals surface area contributed by atoms with Gasteiger partial charge in [-0.05, 0) is 56.0 Å². The number of aromatic nitrogens is 2. The summed E-state index contributed by atoms with van der Waals surface area (Å²) in [4.78, 5) is 92.2. The highest BCUT2D eigenvalue weighted by Crippen LogP contribution is 2.38. The second-order valence-corrected chi connectivity index (χ2v) is 18.9. The molecule has 0 bridgehead atoms. The topological polar surface area (TPSA) is 171 Å². The summed E-state index contributed by atoms with van der Waals surface area (Å²) in [6, 6.07) is 13.6. The summed E-state index contributed by atoms with van der Waals surface area (Å²) in [7, 11) is 3.36. The molecule has 14 nitrogen and oxygen atoms in total. The first kappa shape index (κ1) is 50.0. The number of unbranched alkanes of at least 4 members (excludes halogenated alkanes) is 9. The summed E-state index contributed by atoms with van der Waals surface area (Å²) in [6.07, 6.45) is 14.3. The van der Waals surface area contributed by atoms with Gasteiger partial charge in [0.1, 0.15) is 29.3 Å². The average molecular weight is 961 g/mol. The van der Waals surface area contributed by atoms with E-state index >= 15 is 0 Å². The van der Waals surface area contributed by atoms with Gasteiger partial charge < -0.3 is 24.8 Å². The Hall–Kier alpha value is -5.38. The van der Waals surface area contributed by atoms with Gasteiger partial charge >= 0.3 is 0 Å². The number of halogens is 2. The lowest BCUT2D eigenvalue weighted by Gasteiger charge is -2.40. The minimum atomic E-state index is -0.699. The molecule has 2 N–H and O–H groups in total. The van der Waals surface area contributed by atoms with Gasteiger partial charge in [-0.15, -0.1) is 23.7 Å². The zero-order chi connectivity index (χ0) is 46.0. The van der Waals surface area contributed by atoms with Crippen LogP contribution in [0, 0.1) is 0 Å². The van der Waals surface area contributed by atoms with Crippen molar-refractivity contribution in [3.63, 3.8) is 0 Å². The maximum atomic E-state index is 13.3. The first-order chi connectivity index (χ1) is 31.4. The highest BCUT2D eigenvalue weighted by Gasteiger charge is 2.40. The van der Waals surface area contributed by atoms with E-state index in [0.29, 0.717) is 88.4 Å². The van der Waals surface area contributed by atoms with E-state index < -0.39 is 11.9 Å². The molecule has 3 aliphatic rings. The number of anilines is 3. The van der Waals surface area contributed by atoms with E-state index in [1.807, 2.05) is 42.2 Å². The fraction of sp³-hybridized carbons (Fsp3) is 0.469. The molecule has 1 fully saturated rings. The number of piperidine rings is 1. The monoisotopic (exact) mass is 959 g/mol. The average Bonchev–Trinajstić information content (AvgIpc) is 3.87. The molecule has 3 aliphatic heterocycles. The maximum Gasteiger partial charge on any atom is 0.255 e. The number of imide groups is 1. The van der Waals surface area contributed by atoms with Gasteiger partial charge in [-0.1, -0.05) is 88.1 Å². The van der Waals surface area contributed by atoms with Gasteiger partial charge in [0.2, 0.25) is 23.6 Å². The van der Waals surface area contributed by atoms with Crippen LogP contribution in [0.2, 0.25) is 4.34 Å². The van der Waals surface area contributed by atoms with Crippen molar-refractivity contribution in [1.82, 2.24) is 20.2 Å². The van der Waals surface area contributed by atoms with Crippen molar-refractivity contribution in [2.75, 3.05) is 29.3 Å². The van der Waals surface area contributed by atoms with Gasteiger partial charge in [0.15, 0.2) is 11.6 Å². The summed E-state index contributed by atoms with van der Waals surface area (Å²) in [6.45, 7) is 2.73. The molecule has 2 atom stereocenters. The lowest BCUT2D eigenvalue weighted by atomic mass is 10.00. The number of hydrogen-bond donors (Lipinski definition) is 2. The number of carbonyl (C=O) groups excluding carboxylic acids is 6. The number of methoxy groups -OCH3 is 1. The van der Waals surface area contributed by atoms with Crippen molar-refractivity contribution in [2.45, 2.75) is 135 Å². The Kier molecular flexibility index (Phi) is 17.7. The molecule has 0 aliphatic carbocycles. The molecule has 7 rings (SSSR count). The third-order valence-corrected chi connectivity index (χ3v) is 13.9. The molecule has 0 spiro atoms. The number of hydrogen-bond acceptors (Lipinski definition) is 11. The third kappa shape index (κ3) is 11.9. The van der Waals surface area contributed by atoms with Crippen molar-refractivity contribution in [2.24, 2.45) is 0 Å². The molecule has 2 aromatic carbocycles. The largest absolute Gasteiger partial charge is 0.496 e. The summed E-state index contributed by atoms with van der Waals surface area (Å²) < 4.78 is 6.44. The van der Waals surface area contributed by atoms with Crippen LogP contribution in [-0.4, -0.2) is 76.4 Å². The van der Waals surface area contributed by atoms with E-state index in [-0.39, 0.29) is 60.8 Å². The van der Waals surface area contributed by atoms with E-state index in [1.54, 1.807) is 43.5 Å². The van der Waals surface area contributed by atoms with Crippen LogP contribution in [0.5, 0.6) is 5.75 Å². The van der Waals surface area contributed by atoms with Crippen LogP contribution in [0.15, 0.2) is 54.7 Å². The molecule has 1 saturated heterocycles. The summed E-state index contributed by atoms with van der Waals surface area (Å²) in [5, 5.41) is 5.29. The van der Waals surface area contributed by atoms with E-state index in [0.717, 1.165) is 74.6 Å². The number of fused-ring (bicyclic) bond motifs is 2. The number of nitrogens with one attached hydrogen (secondary N) is 2. The number of likely N-dealkylation sites (N-methyl/N-ethyl adjacent to an activating group) is 1. The van der Waals surface area contributed by atoms with Gasteiger partial charge in [0.25, 0.3) is 5.91 Å². The number of carbonyl (C=O) groups is 6. The molecule has 1 unspecified atom stereocenters. The number of rotatable bonds is 22. The van der Waals surface area contributed by atoms with Crippen molar-refractivity contribution in [1.29, 1.82) is 0 Å². The quantitative estimate of drug-likeness (QED) is 0.0440. The molecule has 66 heavy (non-hydrogen) atoms. The van der Waals surface area contributed by atoms with Gasteiger partial charge in [0, 0.05) is 72.1 Å². The van der Waals surface area contributed by atoms with Crippen LogP contribution in [0.4, 0.5) is 17.2 Å². The molecular weight excluding hydrogens is 902 g/mol. The van der Waals surface area contributed by atoms with E-state index in [1.165, 1.54) is 16.2 Å². The maximum absolute atomic E-state index is 13.3. The molecule has 5 heterocycles. The Morgan fingerprint density at radius 2 is 1.65 bits per heavy atom. The number of ether oxygens (including phenoxy) is 1. The van der Waals surface area contributed by atoms with E-state index in [9.17, 15) is 28.8 Å². The zero-order valence-corrected chi connectivity index (χ0v) is 40.3. The lowest BCUT2D eigenvalue weighted by Crippen LogP contribution is -2.52. The van der Waals surface area contributed by atoms with Crippen LogP contribution >= 0.6 is 35.3 Å². The van der Waals surface area contributed by atoms with Crippen LogP contribution in [0.25, 0.3) is 0 Å². The number of ketones is 1. The molecule has 0 radical (unpaired) electrons. The van der Waals surface area contributed by atoms with Crippen molar-refractivity contribution >= 4 is 87.9 Å². The second-order valence-electron chi connectivity index (χ2n) is 17.1. The molecular formula is C49H59Cl2N7O7S. The number of Topliss-reactive ketones (excluding diaryl/α,β-unsaturated/α-hetero) is 1. The van der Waals surface area contributed by atoms with E-state index in [2.05, 4.69) is 15.6 Å². The highest BCUT2D eigenvalue weighted by atomic mass is 35.5. The standard InChI is InChI=1S/C49H58ClN7O7S.ClH/c1-4-37-49(63)55(2)39-28-51-43(53-46(39)56(37)29-33-22-24-42(50)65-33)27-32-21-20-31(26-41(32)64-3)40(58)18-13-11-9-7-5-6-8-10-12-14-19-44(59)52-36-17-15-16-34-35(36)30-57(48(34)62)38-23-25-45(60)54-47(38)61;/h15-17,20-22,24,26,28,37-38H,4-14,18-19,23,25,27,29-30H2,1-3H3,(H,52,59)(H,54,60,61);1H/t37-,38?;/m1./s1. The van der Waals surface area contributed by atoms with Crippen LogP contribution in [-0.2, 0) is 38.7 Å². The normalized spacial score (nSPS) is 16.8. The lowest BCUT2D eigenvalue weighted by molar-refractivity contribution is -0.137. The van der Waals surface area contributed by atoms with Gasteiger partial charge in [-0.25, -0.2) is 9.97 Å². The third-order valence-electron chi connectivity index (χ3n) is 12.6. The van der Waals surface area contributed by atoms with Crippen LogP contribution in [0.1, 0.15) is 146 Å². The minimum Gasteiger partial charge on any atom is -0.496 e. The fourth-order valence-corrected chi connectivity index (χ4v) is 10.1. The first-order valence-electron chi connectivity index (χ1n) is 22.9. The molecule has 0 saturated carbocycles. The van der Waals surface area contributed by atoms with Crippen LogP contribution < -0.4 is 25.2 Å². The van der Waals surface area contributed by atoms with E-state index in [4.69, 9.17) is 21.3 Å².